The van der Waals surface area contributed by atoms with Crippen LogP contribution in [0.2, 0.25) is 0 Å². The number of hydrogen-bond donors (Lipinski definition) is 1. The molecule has 0 spiro atoms. The summed E-state index contributed by atoms with van der Waals surface area (Å²) in [7, 11) is 2.95. The van der Waals surface area contributed by atoms with Crippen LogP contribution in [-0.4, -0.2) is 38.4 Å². The maximum absolute atomic E-state index is 11.2. The number of rotatable bonds is 6. The molecule has 1 aliphatic heterocycles. The van der Waals surface area contributed by atoms with Gasteiger partial charge in [-0.2, -0.15) is 0 Å². The molecular formula is C14H20N2O5. The highest BCUT2D eigenvalue weighted by atomic mass is 16.6. The minimum absolute atomic E-state index is 0.0292. The Balaban J connectivity index is 2.29. The van der Waals surface area contributed by atoms with E-state index in [-0.39, 0.29) is 11.7 Å². The molecule has 7 heteroatoms. The molecule has 0 bridgehead atoms. The Morgan fingerprint density at radius 2 is 2.05 bits per heavy atom. The first-order chi connectivity index (χ1) is 10.1. The molecule has 2 rings (SSSR count). The largest absolute Gasteiger partial charge is 0.493 e. The van der Waals surface area contributed by atoms with Crippen molar-refractivity contribution < 1.29 is 19.1 Å². The lowest BCUT2D eigenvalue weighted by molar-refractivity contribution is -0.384. The van der Waals surface area contributed by atoms with Crippen LogP contribution < -0.4 is 14.8 Å². The first-order valence-electron chi connectivity index (χ1n) is 6.81. The summed E-state index contributed by atoms with van der Waals surface area (Å²) >= 11 is 0. The molecule has 0 amide bonds. The molecule has 0 saturated carbocycles. The molecule has 0 radical (unpaired) electrons. The van der Waals surface area contributed by atoms with Gasteiger partial charge in [-0.05, 0) is 13.3 Å². The van der Waals surface area contributed by atoms with Crippen molar-refractivity contribution in [1.82, 2.24) is 0 Å². The fourth-order valence-corrected chi connectivity index (χ4v) is 2.45. The Morgan fingerprint density at radius 1 is 1.38 bits per heavy atom. The van der Waals surface area contributed by atoms with Crippen molar-refractivity contribution in [2.45, 2.75) is 19.4 Å². The van der Waals surface area contributed by atoms with Crippen LogP contribution in [0.1, 0.15) is 13.3 Å². The summed E-state index contributed by atoms with van der Waals surface area (Å²) in [5.74, 6) is 1.14. The van der Waals surface area contributed by atoms with Crippen molar-refractivity contribution >= 4 is 11.4 Å². The van der Waals surface area contributed by atoms with Crippen molar-refractivity contribution in [1.29, 1.82) is 0 Å². The van der Waals surface area contributed by atoms with Crippen molar-refractivity contribution in [2.24, 2.45) is 5.92 Å². The predicted octanol–water partition coefficient (Wildman–Crippen LogP) is 2.45. The molecule has 1 fully saturated rings. The molecule has 1 N–H and O–H groups in total. The van der Waals surface area contributed by atoms with E-state index in [9.17, 15) is 10.1 Å². The maximum atomic E-state index is 11.2. The topological polar surface area (TPSA) is 82.9 Å². The number of ether oxygens (including phenoxy) is 3. The van der Waals surface area contributed by atoms with Gasteiger partial charge in [-0.15, -0.1) is 0 Å². The summed E-state index contributed by atoms with van der Waals surface area (Å²) in [5, 5.41) is 14.4. The molecule has 1 aromatic rings. The highest BCUT2D eigenvalue weighted by Gasteiger charge is 2.26. The monoisotopic (exact) mass is 296 g/mol. The molecular weight excluding hydrogens is 276 g/mol. The summed E-state index contributed by atoms with van der Waals surface area (Å²) in [5.41, 5.74) is 0.399. The lowest BCUT2D eigenvalue weighted by Gasteiger charge is -2.21. The third-order valence-electron chi connectivity index (χ3n) is 3.75. The van der Waals surface area contributed by atoms with E-state index in [4.69, 9.17) is 14.2 Å². The highest BCUT2D eigenvalue weighted by Crippen LogP contribution is 2.38. The Bertz CT molecular complexity index is 514. The van der Waals surface area contributed by atoms with E-state index >= 15 is 0 Å². The quantitative estimate of drug-likeness (QED) is 0.641. The summed E-state index contributed by atoms with van der Waals surface area (Å²) < 4.78 is 15.7. The van der Waals surface area contributed by atoms with Crippen LogP contribution in [-0.2, 0) is 4.74 Å². The molecule has 0 aliphatic carbocycles. The Hall–Kier alpha value is -2.02. The number of benzene rings is 1. The fraction of sp³-hybridized carbons (Fsp3) is 0.571. The molecule has 0 aromatic heterocycles. The number of anilines is 1. The third-order valence-corrected chi connectivity index (χ3v) is 3.75. The Labute approximate surface area is 123 Å². The highest BCUT2D eigenvalue weighted by molar-refractivity contribution is 5.68. The summed E-state index contributed by atoms with van der Waals surface area (Å²) in [6, 6.07) is 3.05. The standard InChI is InChI=1S/C14H20N2O5/c1-9(10-4-5-21-8-10)15-11-6-13(19-2)14(20-3)7-12(11)16(17)18/h6-7,9-10,15H,4-5,8H2,1-3H3. The fourth-order valence-electron chi connectivity index (χ4n) is 2.45. The van der Waals surface area contributed by atoms with Gasteiger partial charge in [-0.3, -0.25) is 10.1 Å². The number of nitro benzene ring substituents is 1. The second-order valence-electron chi connectivity index (χ2n) is 5.04. The van der Waals surface area contributed by atoms with E-state index in [0.717, 1.165) is 13.0 Å². The van der Waals surface area contributed by atoms with Gasteiger partial charge in [-0.1, -0.05) is 0 Å². The van der Waals surface area contributed by atoms with E-state index in [0.29, 0.717) is 29.7 Å². The Kier molecular flexibility index (Phi) is 4.85. The Morgan fingerprint density at radius 3 is 2.57 bits per heavy atom. The van der Waals surface area contributed by atoms with Crippen molar-refractivity contribution in [3.63, 3.8) is 0 Å². The SMILES string of the molecule is COc1cc(NC(C)C2CCOC2)c([N+](=O)[O-])cc1OC. The lowest BCUT2D eigenvalue weighted by Crippen LogP contribution is -2.26. The van der Waals surface area contributed by atoms with E-state index < -0.39 is 4.92 Å². The van der Waals surface area contributed by atoms with Gasteiger partial charge in [0.05, 0.1) is 31.8 Å². The number of nitro groups is 1. The molecule has 7 nitrogen and oxygen atoms in total. The average Bonchev–Trinajstić information content (AvgIpc) is 3.00. The maximum Gasteiger partial charge on any atom is 0.296 e. The van der Waals surface area contributed by atoms with Gasteiger partial charge in [-0.25, -0.2) is 0 Å². The van der Waals surface area contributed by atoms with Crippen molar-refractivity contribution in [3.05, 3.63) is 22.2 Å². The van der Waals surface area contributed by atoms with Crippen LogP contribution in [0.3, 0.4) is 0 Å². The van der Waals surface area contributed by atoms with Crippen LogP contribution >= 0.6 is 0 Å². The third kappa shape index (κ3) is 3.36. The second kappa shape index (κ2) is 6.62. The van der Waals surface area contributed by atoms with Crippen LogP contribution in [0.15, 0.2) is 12.1 Å². The van der Waals surface area contributed by atoms with Crippen LogP contribution in [0.5, 0.6) is 11.5 Å². The zero-order valence-corrected chi connectivity index (χ0v) is 12.4. The van der Waals surface area contributed by atoms with Crippen LogP contribution in [0.25, 0.3) is 0 Å². The van der Waals surface area contributed by atoms with Crippen LogP contribution in [0, 0.1) is 16.0 Å². The molecule has 21 heavy (non-hydrogen) atoms. The number of nitrogens with one attached hydrogen (secondary N) is 1. The molecule has 2 unspecified atom stereocenters. The minimum atomic E-state index is -0.428. The van der Waals surface area contributed by atoms with Gasteiger partial charge < -0.3 is 19.5 Å². The molecule has 1 aliphatic rings. The zero-order chi connectivity index (χ0) is 15.4. The second-order valence-corrected chi connectivity index (χ2v) is 5.04. The first kappa shape index (κ1) is 15.4. The smallest absolute Gasteiger partial charge is 0.296 e. The minimum Gasteiger partial charge on any atom is -0.493 e. The summed E-state index contributed by atoms with van der Waals surface area (Å²) in [6.45, 7) is 3.42. The molecule has 116 valence electrons. The average molecular weight is 296 g/mol. The van der Waals surface area contributed by atoms with Crippen molar-refractivity contribution in [3.8, 4) is 11.5 Å². The van der Waals surface area contributed by atoms with E-state index in [1.54, 1.807) is 6.07 Å². The van der Waals surface area contributed by atoms with Gasteiger partial charge in [0.15, 0.2) is 11.5 Å². The van der Waals surface area contributed by atoms with E-state index in [1.165, 1.54) is 20.3 Å². The van der Waals surface area contributed by atoms with Crippen molar-refractivity contribution in [2.75, 3.05) is 32.8 Å². The van der Waals surface area contributed by atoms with Gasteiger partial charge in [0.1, 0.15) is 5.69 Å². The molecule has 2 atom stereocenters. The number of hydrogen-bond acceptors (Lipinski definition) is 6. The lowest BCUT2D eigenvalue weighted by atomic mass is 10.0. The normalized spacial score (nSPS) is 19.1. The summed E-state index contributed by atoms with van der Waals surface area (Å²) in [4.78, 5) is 10.8. The molecule has 1 saturated heterocycles. The van der Waals surface area contributed by atoms with Crippen LogP contribution in [0.4, 0.5) is 11.4 Å². The molecule has 1 aromatic carbocycles. The number of methoxy groups -OCH3 is 2. The molecule has 1 heterocycles. The number of nitrogens with zero attached hydrogens (tertiary/aromatic N) is 1. The van der Waals surface area contributed by atoms with E-state index in [1.807, 2.05) is 6.92 Å². The van der Waals surface area contributed by atoms with E-state index in [2.05, 4.69) is 5.32 Å². The zero-order valence-electron chi connectivity index (χ0n) is 12.4. The van der Waals surface area contributed by atoms with Gasteiger partial charge in [0.2, 0.25) is 0 Å². The van der Waals surface area contributed by atoms with Gasteiger partial charge in [0, 0.05) is 24.6 Å². The predicted molar refractivity (Wildman–Crippen MR) is 78.2 cm³/mol. The first-order valence-corrected chi connectivity index (χ1v) is 6.81. The van der Waals surface area contributed by atoms with Gasteiger partial charge >= 0.3 is 0 Å². The van der Waals surface area contributed by atoms with Gasteiger partial charge in [0.25, 0.3) is 5.69 Å². The summed E-state index contributed by atoms with van der Waals surface area (Å²) in [6.07, 6.45) is 0.954.